The predicted octanol–water partition coefficient (Wildman–Crippen LogP) is 0.330. The summed E-state index contributed by atoms with van der Waals surface area (Å²) in [7, 11) is -4.03. The van der Waals surface area contributed by atoms with Crippen LogP contribution < -0.4 is 0 Å². The third-order valence-corrected chi connectivity index (χ3v) is 3.81. The van der Waals surface area contributed by atoms with Crippen molar-refractivity contribution in [3.8, 4) is 0 Å². The first-order valence-electron chi connectivity index (χ1n) is 4.77. The van der Waals surface area contributed by atoms with E-state index >= 15 is 0 Å². The summed E-state index contributed by atoms with van der Waals surface area (Å²) in [6.45, 7) is -1.84. The van der Waals surface area contributed by atoms with Crippen LogP contribution in [0, 0.1) is 0 Å². The molecule has 0 spiro atoms. The van der Waals surface area contributed by atoms with Crippen molar-refractivity contribution in [3.63, 3.8) is 0 Å². The van der Waals surface area contributed by atoms with Gasteiger partial charge in [0.15, 0.2) is 0 Å². The third kappa shape index (κ3) is 3.69. The van der Waals surface area contributed by atoms with Gasteiger partial charge in [-0.1, -0.05) is 0 Å². The van der Waals surface area contributed by atoms with Gasteiger partial charge in [-0.15, -0.1) is 0 Å². The van der Waals surface area contributed by atoms with E-state index in [9.17, 15) is 17.2 Å². The summed E-state index contributed by atoms with van der Waals surface area (Å²) in [6.07, 6.45) is -0.346. The van der Waals surface area contributed by atoms with Crippen molar-refractivity contribution >= 4 is 10.0 Å². The topological polar surface area (TPSA) is 70.5 Å². The summed E-state index contributed by atoms with van der Waals surface area (Å²) in [6, 6.07) is 2.66. The largest absolute Gasteiger partial charge is 0.395 e. The molecule has 17 heavy (non-hydrogen) atoms. The van der Waals surface area contributed by atoms with Crippen molar-refractivity contribution in [2.75, 3.05) is 19.7 Å². The summed E-state index contributed by atoms with van der Waals surface area (Å²) in [5.41, 5.74) is 0. The van der Waals surface area contributed by atoms with Gasteiger partial charge in [0.1, 0.15) is 4.90 Å². The molecule has 8 heteroatoms. The van der Waals surface area contributed by atoms with E-state index in [2.05, 4.69) is 4.98 Å². The summed E-state index contributed by atoms with van der Waals surface area (Å²) >= 11 is 0. The first kappa shape index (κ1) is 13.9. The molecule has 96 valence electrons. The lowest BCUT2D eigenvalue weighted by atomic mass is 10.5. The van der Waals surface area contributed by atoms with Gasteiger partial charge in [-0.05, 0) is 12.1 Å². The molecular formula is C9H12F2N2O3S. The molecule has 1 aromatic rings. The second-order valence-electron chi connectivity index (χ2n) is 3.17. The number of halogens is 2. The number of aliphatic hydroxyl groups excluding tert-OH is 1. The summed E-state index contributed by atoms with van der Waals surface area (Å²) in [5, 5.41) is 8.69. The fourth-order valence-corrected chi connectivity index (χ4v) is 2.60. The molecule has 0 unspecified atom stereocenters. The number of aromatic nitrogens is 1. The van der Waals surface area contributed by atoms with E-state index in [1.807, 2.05) is 0 Å². The molecule has 1 N–H and O–H groups in total. The Morgan fingerprint density at radius 3 is 2.65 bits per heavy atom. The van der Waals surface area contributed by atoms with E-state index in [-0.39, 0.29) is 11.4 Å². The van der Waals surface area contributed by atoms with Crippen LogP contribution >= 0.6 is 0 Å². The van der Waals surface area contributed by atoms with E-state index in [1.54, 1.807) is 0 Å². The van der Waals surface area contributed by atoms with Gasteiger partial charge in [-0.25, -0.2) is 17.2 Å². The Bertz CT molecular complexity index is 439. The van der Waals surface area contributed by atoms with E-state index < -0.39 is 29.6 Å². The Hall–Kier alpha value is -1.12. The molecule has 0 aliphatic rings. The minimum Gasteiger partial charge on any atom is -0.395 e. The van der Waals surface area contributed by atoms with E-state index in [0.717, 1.165) is 6.20 Å². The van der Waals surface area contributed by atoms with Gasteiger partial charge in [0.05, 0.1) is 13.2 Å². The van der Waals surface area contributed by atoms with Crippen LogP contribution in [0.1, 0.15) is 0 Å². The fourth-order valence-electron chi connectivity index (χ4n) is 1.22. The summed E-state index contributed by atoms with van der Waals surface area (Å²) in [4.78, 5) is 3.44. The van der Waals surface area contributed by atoms with Gasteiger partial charge in [0, 0.05) is 18.9 Å². The Balaban J connectivity index is 3.00. The number of nitrogens with zero attached hydrogens (tertiary/aromatic N) is 2. The zero-order valence-electron chi connectivity index (χ0n) is 8.83. The maximum atomic E-state index is 12.3. The molecule has 1 rings (SSSR count). The minimum absolute atomic E-state index is 0.172. The third-order valence-electron chi connectivity index (χ3n) is 1.96. The highest BCUT2D eigenvalue weighted by atomic mass is 32.2. The molecule has 0 fully saturated rings. The number of alkyl halides is 2. The first-order chi connectivity index (χ1) is 7.98. The van der Waals surface area contributed by atoms with Crippen molar-refractivity contribution < 1.29 is 22.3 Å². The van der Waals surface area contributed by atoms with Crippen molar-refractivity contribution in [1.82, 2.24) is 9.29 Å². The maximum Gasteiger partial charge on any atom is 0.252 e. The lowest BCUT2D eigenvalue weighted by Crippen LogP contribution is -2.37. The van der Waals surface area contributed by atoms with Crippen molar-refractivity contribution in [2.24, 2.45) is 0 Å². The Morgan fingerprint density at radius 1 is 1.47 bits per heavy atom. The highest BCUT2D eigenvalue weighted by Crippen LogP contribution is 2.15. The number of pyridine rings is 1. The SMILES string of the molecule is O=S(=O)(c1cccnc1)N(CCO)CC(F)F. The van der Waals surface area contributed by atoms with Crippen LogP contribution in [0.3, 0.4) is 0 Å². The molecule has 0 aromatic carbocycles. The molecule has 0 bridgehead atoms. The van der Waals surface area contributed by atoms with Gasteiger partial charge in [0.2, 0.25) is 10.0 Å². The number of aliphatic hydroxyl groups is 1. The van der Waals surface area contributed by atoms with Crippen LogP contribution in [0.5, 0.6) is 0 Å². The zero-order valence-corrected chi connectivity index (χ0v) is 9.65. The average Bonchev–Trinajstić information content (AvgIpc) is 2.29. The van der Waals surface area contributed by atoms with Crippen LogP contribution in [0.2, 0.25) is 0 Å². The van der Waals surface area contributed by atoms with Gasteiger partial charge in [-0.2, -0.15) is 4.31 Å². The molecular weight excluding hydrogens is 254 g/mol. The van der Waals surface area contributed by atoms with Crippen LogP contribution in [-0.4, -0.2) is 48.9 Å². The standard InChI is InChI=1S/C9H12F2N2O3S/c10-9(11)7-13(4-5-14)17(15,16)8-2-1-3-12-6-8/h1-3,6,9,14H,4-5,7H2. The first-order valence-corrected chi connectivity index (χ1v) is 6.21. The molecule has 0 aliphatic heterocycles. The quantitative estimate of drug-likeness (QED) is 0.805. The number of hydrogen-bond acceptors (Lipinski definition) is 4. The zero-order chi connectivity index (χ0) is 12.9. The molecule has 0 aliphatic carbocycles. The number of sulfonamides is 1. The van der Waals surface area contributed by atoms with Crippen LogP contribution in [0.15, 0.2) is 29.4 Å². The molecule has 1 aromatic heterocycles. The molecule has 5 nitrogen and oxygen atoms in total. The fraction of sp³-hybridized carbons (Fsp3) is 0.444. The second-order valence-corrected chi connectivity index (χ2v) is 5.10. The predicted molar refractivity (Wildman–Crippen MR) is 56.1 cm³/mol. The number of hydrogen-bond donors (Lipinski definition) is 1. The van der Waals surface area contributed by atoms with Gasteiger partial charge in [-0.3, -0.25) is 4.98 Å². The van der Waals surface area contributed by atoms with Gasteiger partial charge >= 0.3 is 0 Å². The molecule has 0 amide bonds. The van der Waals surface area contributed by atoms with Gasteiger partial charge in [0.25, 0.3) is 6.43 Å². The maximum absolute atomic E-state index is 12.3. The highest BCUT2D eigenvalue weighted by molar-refractivity contribution is 7.89. The lowest BCUT2D eigenvalue weighted by molar-refractivity contribution is 0.113. The second kappa shape index (κ2) is 5.99. The van der Waals surface area contributed by atoms with E-state index in [0.29, 0.717) is 4.31 Å². The highest BCUT2D eigenvalue weighted by Gasteiger charge is 2.26. The van der Waals surface area contributed by atoms with Crippen LogP contribution in [-0.2, 0) is 10.0 Å². The monoisotopic (exact) mass is 266 g/mol. The summed E-state index contributed by atoms with van der Waals surface area (Å²) in [5.74, 6) is 0. The molecule has 0 atom stereocenters. The Kier molecular flexibility index (Phi) is 4.91. The molecule has 1 heterocycles. The van der Waals surface area contributed by atoms with Crippen molar-refractivity contribution in [3.05, 3.63) is 24.5 Å². The van der Waals surface area contributed by atoms with Crippen molar-refractivity contribution in [1.29, 1.82) is 0 Å². The smallest absolute Gasteiger partial charge is 0.252 e. The Labute approximate surface area is 97.8 Å². The van der Waals surface area contributed by atoms with Crippen LogP contribution in [0.4, 0.5) is 8.78 Å². The summed E-state index contributed by atoms with van der Waals surface area (Å²) < 4.78 is 48.8. The van der Waals surface area contributed by atoms with Gasteiger partial charge < -0.3 is 5.11 Å². The Morgan fingerprint density at radius 2 is 2.18 bits per heavy atom. The van der Waals surface area contributed by atoms with Crippen molar-refractivity contribution in [2.45, 2.75) is 11.3 Å². The van der Waals surface area contributed by atoms with E-state index in [1.165, 1.54) is 18.3 Å². The lowest BCUT2D eigenvalue weighted by Gasteiger charge is -2.20. The number of rotatable bonds is 6. The molecule has 0 saturated carbocycles. The van der Waals surface area contributed by atoms with E-state index in [4.69, 9.17) is 5.11 Å². The molecule has 0 radical (unpaired) electrons. The normalized spacial score (nSPS) is 12.3. The molecule has 0 saturated heterocycles. The average molecular weight is 266 g/mol. The minimum atomic E-state index is -4.03. The van der Waals surface area contributed by atoms with Crippen LogP contribution in [0.25, 0.3) is 0 Å².